The Bertz CT molecular complexity index is 1380. The van der Waals surface area contributed by atoms with Gasteiger partial charge < -0.3 is 4.90 Å². The van der Waals surface area contributed by atoms with E-state index in [1.165, 1.54) is 59.1 Å². The first-order valence-electron chi connectivity index (χ1n) is 15.0. The largest absolute Gasteiger partial charge is 0.371 e. The fourth-order valence-electron chi connectivity index (χ4n) is 5.39. The Morgan fingerprint density at radius 3 is 1.95 bits per heavy atom. The zero-order chi connectivity index (χ0) is 29.9. The van der Waals surface area contributed by atoms with Gasteiger partial charge in [-0.3, -0.25) is 5.01 Å². The molecule has 0 radical (unpaired) electrons. The Balaban J connectivity index is 1.34. The highest BCUT2D eigenvalue weighted by Gasteiger charge is 2.32. The predicted molar refractivity (Wildman–Crippen MR) is 183 cm³/mol. The highest BCUT2D eigenvalue weighted by atomic mass is 32.2. The summed E-state index contributed by atoms with van der Waals surface area (Å²) in [5.74, 6) is 6.38. The van der Waals surface area contributed by atoms with Gasteiger partial charge in [0.25, 0.3) is 0 Å². The summed E-state index contributed by atoms with van der Waals surface area (Å²) in [4.78, 5) is 2.50. The van der Waals surface area contributed by atoms with Gasteiger partial charge in [-0.25, -0.2) is 8.78 Å². The van der Waals surface area contributed by atoms with E-state index in [1.807, 2.05) is 12.1 Å². The number of nitriles is 1. The molecule has 43 heavy (non-hydrogen) atoms. The minimum Gasteiger partial charge on any atom is -0.371 e. The lowest BCUT2D eigenvalue weighted by atomic mass is 9.97. The molecule has 0 saturated carbocycles. The molecule has 2 aliphatic rings. The summed E-state index contributed by atoms with van der Waals surface area (Å²) in [5, 5.41) is 15.6. The predicted octanol–water partition coefficient (Wildman–Crippen LogP) is 8.77. The van der Waals surface area contributed by atoms with E-state index in [-0.39, 0.29) is 11.7 Å². The quantitative estimate of drug-likeness (QED) is 0.285. The highest BCUT2D eigenvalue weighted by molar-refractivity contribution is 8.00. The van der Waals surface area contributed by atoms with Crippen LogP contribution in [-0.4, -0.2) is 53.3 Å². The van der Waals surface area contributed by atoms with Crippen molar-refractivity contribution in [2.24, 2.45) is 5.10 Å². The van der Waals surface area contributed by atoms with E-state index < -0.39 is 11.6 Å². The first-order chi connectivity index (χ1) is 21.1. The minimum absolute atomic E-state index is 0.118. The second-order valence-corrected chi connectivity index (χ2v) is 14.4. The summed E-state index contributed by atoms with van der Waals surface area (Å²) < 4.78 is 29.3. The number of anilines is 2. The van der Waals surface area contributed by atoms with Gasteiger partial charge in [-0.15, -0.1) is 0 Å². The van der Waals surface area contributed by atoms with Crippen LogP contribution in [0, 0.1) is 23.0 Å². The number of nitrogens with zero attached hydrogens (tertiary/aromatic N) is 4. The van der Waals surface area contributed by atoms with Gasteiger partial charge in [0.15, 0.2) is 0 Å². The minimum atomic E-state index is -0.514. The number of thioether (sulfide) groups is 3. The van der Waals surface area contributed by atoms with E-state index in [2.05, 4.69) is 70.5 Å². The van der Waals surface area contributed by atoms with Crippen molar-refractivity contribution in [1.82, 2.24) is 0 Å². The molecule has 1 atom stereocenters. The van der Waals surface area contributed by atoms with Gasteiger partial charge in [0.1, 0.15) is 11.6 Å². The number of hydrogen-bond donors (Lipinski definition) is 0. The van der Waals surface area contributed by atoms with Gasteiger partial charge in [-0.05, 0) is 108 Å². The third-order valence-electron chi connectivity index (χ3n) is 7.64. The molecule has 0 unspecified atom stereocenters. The normalized spacial score (nSPS) is 19.6. The van der Waals surface area contributed by atoms with E-state index in [4.69, 9.17) is 5.10 Å². The molecule has 0 aliphatic carbocycles. The van der Waals surface area contributed by atoms with Gasteiger partial charge in [0.05, 0.1) is 29.1 Å². The maximum Gasteiger partial charge on any atom is 0.148 e. The molecule has 9 heteroatoms. The molecule has 2 aliphatic heterocycles. The van der Waals surface area contributed by atoms with Gasteiger partial charge in [-0.1, -0.05) is 24.3 Å². The highest BCUT2D eigenvalue weighted by Crippen LogP contribution is 2.38. The molecule has 0 aromatic heterocycles. The summed E-state index contributed by atoms with van der Waals surface area (Å²) in [6, 6.07) is 21.2. The number of benzene rings is 3. The lowest BCUT2D eigenvalue weighted by Crippen LogP contribution is -2.27. The monoisotopic (exact) mass is 636 g/mol. The Morgan fingerprint density at radius 1 is 0.744 bits per heavy atom. The van der Waals surface area contributed by atoms with Crippen molar-refractivity contribution in [3.63, 3.8) is 0 Å². The van der Waals surface area contributed by atoms with Crippen molar-refractivity contribution in [2.75, 3.05) is 57.5 Å². The molecule has 1 fully saturated rings. The van der Waals surface area contributed by atoms with Crippen LogP contribution in [0.2, 0.25) is 0 Å². The van der Waals surface area contributed by atoms with Crippen LogP contribution in [0.25, 0.3) is 0 Å². The van der Waals surface area contributed by atoms with Crippen molar-refractivity contribution >= 4 is 52.4 Å². The third-order valence-corrected chi connectivity index (χ3v) is 11.1. The fraction of sp³-hybridized carbons (Fsp3) is 0.412. The van der Waals surface area contributed by atoms with E-state index in [9.17, 15) is 14.0 Å². The average molecular weight is 637 g/mol. The number of hydrogen-bond acceptors (Lipinski definition) is 7. The molecular weight excluding hydrogens is 599 g/mol. The standard InChI is InChI=1S/C34H38F2N4S3/c35-29-11-14-31(36)34(23-29)40-33(24-32(38-40)27-7-5-26(25-37)6-8-27)28-9-12-30(13-10-28)39-15-1-17-41-19-3-21-43-22-4-20-42-18-2-16-39/h5-14,23,33H,1-4,15-22,24H2/t33-/m0/s1. The van der Waals surface area contributed by atoms with E-state index in [0.29, 0.717) is 12.0 Å². The van der Waals surface area contributed by atoms with Gasteiger partial charge in [0.2, 0.25) is 0 Å². The van der Waals surface area contributed by atoms with Crippen molar-refractivity contribution in [1.29, 1.82) is 5.26 Å². The van der Waals surface area contributed by atoms with Crippen molar-refractivity contribution in [2.45, 2.75) is 38.1 Å². The molecule has 0 N–H and O–H groups in total. The summed E-state index contributed by atoms with van der Waals surface area (Å²) in [7, 11) is 0. The topological polar surface area (TPSA) is 42.6 Å². The molecule has 0 spiro atoms. The van der Waals surface area contributed by atoms with Crippen LogP contribution in [0.15, 0.2) is 71.8 Å². The summed E-state index contributed by atoms with van der Waals surface area (Å²) >= 11 is 6.25. The smallest absolute Gasteiger partial charge is 0.148 e. The summed E-state index contributed by atoms with van der Waals surface area (Å²) in [5.41, 5.74) is 4.53. The molecule has 226 valence electrons. The van der Waals surface area contributed by atoms with E-state index in [1.54, 1.807) is 17.1 Å². The number of rotatable bonds is 4. The molecule has 2 heterocycles. The maximum atomic E-state index is 15.0. The first kappa shape index (κ1) is 31.7. The average Bonchev–Trinajstić information content (AvgIpc) is 3.48. The zero-order valence-electron chi connectivity index (χ0n) is 24.4. The fourth-order valence-corrected chi connectivity index (χ4v) is 8.43. The number of hydrazone groups is 1. The molecule has 0 bridgehead atoms. The van der Waals surface area contributed by atoms with Crippen LogP contribution in [0.1, 0.15) is 54.8 Å². The summed E-state index contributed by atoms with van der Waals surface area (Å²) in [6.45, 7) is 2.06. The van der Waals surface area contributed by atoms with E-state index in [0.717, 1.165) is 54.9 Å². The lowest BCUT2D eigenvalue weighted by molar-refractivity contribution is 0.585. The van der Waals surface area contributed by atoms with Crippen LogP contribution < -0.4 is 9.91 Å². The third kappa shape index (κ3) is 8.93. The second-order valence-electron chi connectivity index (χ2n) is 10.7. The Hall–Kier alpha value is -2.67. The van der Waals surface area contributed by atoms with Gasteiger partial charge >= 0.3 is 0 Å². The lowest BCUT2D eigenvalue weighted by Gasteiger charge is -2.27. The molecule has 3 aromatic rings. The maximum absolute atomic E-state index is 15.0. The van der Waals surface area contributed by atoms with Crippen LogP contribution in [0.5, 0.6) is 0 Å². The second kappa shape index (κ2) is 16.4. The molecule has 3 aromatic carbocycles. The molecule has 1 saturated heterocycles. The molecule has 0 amide bonds. The SMILES string of the molecule is N#Cc1ccc(C2=NN(c3cc(F)ccc3F)[C@H](c3ccc(N4CCCSCCCSCCCSCCC4)cc3)C2)cc1. The first-order valence-corrected chi connectivity index (χ1v) is 18.5. The van der Waals surface area contributed by atoms with Crippen LogP contribution in [-0.2, 0) is 0 Å². The number of halogens is 2. The van der Waals surface area contributed by atoms with E-state index >= 15 is 0 Å². The van der Waals surface area contributed by atoms with Crippen LogP contribution in [0.3, 0.4) is 0 Å². The molecule has 5 rings (SSSR count). The van der Waals surface area contributed by atoms with Crippen LogP contribution >= 0.6 is 35.3 Å². The zero-order valence-corrected chi connectivity index (χ0v) is 26.8. The van der Waals surface area contributed by atoms with Gasteiger partial charge in [-0.2, -0.15) is 45.6 Å². The Labute approximate surface area is 267 Å². The molecule has 4 nitrogen and oxygen atoms in total. The molecular formula is C34H38F2N4S3. The summed E-state index contributed by atoms with van der Waals surface area (Å²) in [6.07, 6.45) is 5.44. The Morgan fingerprint density at radius 2 is 1.35 bits per heavy atom. The van der Waals surface area contributed by atoms with Crippen molar-refractivity contribution in [3.05, 3.63) is 95.1 Å². The Kier molecular flexibility index (Phi) is 12.1. The van der Waals surface area contributed by atoms with Crippen molar-refractivity contribution in [3.8, 4) is 6.07 Å². The van der Waals surface area contributed by atoms with Crippen molar-refractivity contribution < 1.29 is 8.78 Å². The van der Waals surface area contributed by atoms with Gasteiger partial charge in [0, 0.05) is 31.3 Å². The van der Waals surface area contributed by atoms with Crippen LogP contribution in [0.4, 0.5) is 20.2 Å².